The fourth-order valence-electron chi connectivity index (χ4n) is 1.13. The lowest BCUT2D eigenvalue weighted by Crippen LogP contribution is -1.95. The first kappa shape index (κ1) is 9.67. The predicted octanol–water partition coefficient (Wildman–Crippen LogP) is 1.82. The minimum Gasteiger partial charge on any atom is -0.477 e. The maximum Gasteiger partial charge on any atom is 0.353 e. The first-order chi connectivity index (χ1) is 7.16. The fraction of sp³-hybridized carbons (Fsp3) is 0. The molecule has 0 aliphatic heterocycles. The molecule has 0 radical (unpaired) electrons. The second kappa shape index (κ2) is 3.70. The summed E-state index contributed by atoms with van der Waals surface area (Å²) in [6.07, 6.45) is 3.06. The molecular weight excluding hydrogens is 218 g/mol. The Morgan fingerprint density at radius 1 is 1.40 bits per heavy atom. The molecule has 2 heterocycles. The molecule has 0 atom stereocenters. The van der Waals surface area contributed by atoms with Crippen molar-refractivity contribution < 1.29 is 9.90 Å². The third kappa shape index (κ3) is 1.97. The quantitative estimate of drug-likeness (QED) is 0.814. The lowest BCUT2D eigenvalue weighted by atomic mass is 10.2. The number of rotatable bonds is 2. The number of hydrogen-bond acceptors (Lipinski definition) is 3. The highest BCUT2D eigenvalue weighted by Gasteiger charge is 2.09. The van der Waals surface area contributed by atoms with Gasteiger partial charge >= 0.3 is 5.97 Å². The van der Waals surface area contributed by atoms with Crippen LogP contribution in [0.1, 0.15) is 10.5 Å². The van der Waals surface area contributed by atoms with Gasteiger partial charge in [0.05, 0.1) is 10.7 Å². The van der Waals surface area contributed by atoms with Crippen molar-refractivity contribution in [3.05, 3.63) is 35.2 Å². The summed E-state index contributed by atoms with van der Waals surface area (Å²) in [5.74, 6) is -1.05. The third-order valence-corrected chi connectivity index (χ3v) is 2.02. The highest BCUT2D eigenvalue weighted by molar-refractivity contribution is 6.30. The van der Waals surface area contributed by atoms with Crippen LogP contribution in [0.3, 0.4) is 0 Å². The first-order valence-electron chi connectivity index (χ1n) is 4.06. The van der Waals surface area contributed by atoms with Crippen LogP contribution in [0.25, 0.3) is 11.3 Å². The van der Waals surface area contributed by atoms with Gasteiger partial charge in [-0.3, -0.25) is 10.1 Å². The lowest BCUT2D eigenvalue weighted by Gasteiger charge is -1.94. The van der Waals surface area contributed by atoms with E-state index in [2.05, 4.69) is 15.2 Å². The number of aromatic nitrogens is 3. The summed E-state index contributed by atoms with van der Waals surface area (Å²) in [5.41, 5.74) is 1.21. The van der Waals surface area contributed by atoms with Gasteiger partial charge < -0.3 is 5.11 Å². The number of carbonyl (C=O) groups is 1. The van der Waals surface area contributed by atoms with Gasteiger partial charge in [-0.05, 0) is 12.1 Å². The Hall–Kier alpha value is -1.88. The molecule has 0 aromatic carbocycles. The Balaban J connectivity index is 2.41. The number of carboxylic acid groups (broad SMARTS) is 1. The zero-order valence-electron chi connectivity index (χ0n) is 7.44. The fourth-order valence-corrected chi connectivity index (χ4v) is 1.30. The highest BCUT2D eigenvalue weighted by atomic mass is 35.5. The van der Waals surface area contributed by atoms with Gasteiger partial charge in [0, 0.05) is 18.0 Å². The standard InChI is InChI=1S/C9H6ClN3O2/c10-6-1-5(3-11-4-6)7-2-8(9(14)15)13-12-7/h1-4H,(H,12,13)(H,14,15). The molecule has 0 fully saturated rings. The van der Waals surface area contributed by atoms with Crippen molar-refractivity contribution in [3.8, 4) is 11.3 Å². The summed E-state index contributed by atoms with van der Waals surface area (Å²) < 4.78 is 0. The zero-order chi connectivity index (χ0) is 10.8. The summed E-state index contributed by atoms with van der Waals surface area (Å²) in [4.78, 5) is 14.5. The summed E-state index contributed by atoms with van der Waals surface area (Å²) in [6.45, 7) is 0. The minimum atomic E-state index is -1.05. The Morgan fingerprint density at radius 2 is 2.20 bits per heavy atom. The average Bonchev–Trinajstić information content (AvgIpc) is 2.66. The molecule has 0 aliphatic rings. The van der Waals surface area contributed by atoms with Crippen molar-refractivity contribution in [3.63, 3.8) is 0 Å². The van der Waals surface area contributed by atoms with Gasteiger partial charge in [-0.25, -0.2) is 4.79 Å². The maximum absolute atomic E-state index is 10.6. The Bertz CT molecular complexity index is 510. The van der Waals surface area contributed by atoms with Crippen LogP contribution in [0.4, 0.5) is 0 Å². The summed E-state index contributed by atoms with van der Waals surface area (Å²) in [7, 11) is 0. The van der Waals surface area contributed by atoms with Crippen LogP contribution >= 0.6 is 11.6 Å². The second-order valence-corrected chi connectivity index (χ2v) is 3.30. The molecule has 2 aromatic heterocycles. The molecule has 0 aliphatic carbocycles. The monoisotopic (exact) mass is 223 g/mol. The number of carboxylic acids is 1. The summed E-state index contributed by atoms with van der Waals surface area (Å²) >= 11 is 5.75. The van der Waals surface area contributed by atoms with Crippen molar-refractivity contribution >= 4 is 17.6 Å². The molecule has 0 amide bonds. The van der Waals surface area contributed by atoms with Crippen LogP contribution in [0.5, 0.6) is 0 Å². The molecule has 2 aromatic rings. The van der Waals surface area contributed by atoms with E-state index in [-0.39, 0.29) is 5.69 Å². The van der Waals surface area contributed by atoms with Crippen molar-refractivity contribution in [2.24, 2.45) is 0 Å². The molecule has 0 bridgehead atoms. The Kier molecular flexibility index (Phi) is 2.39. The number of pyridine rings is 1. The number of H-pyrrole nitrogens is 1. The molecule has 76 valence electrons. The predicted molar refractivity (Wildman–Crippen MR) is 53.8 cm³/mol. The number of halogens is 1. The van der Waals surface area contributed by atoms with Crippen molar-refractivity contribution in [2.45, 2.75) is 0 Å². The number of hydrogen-bond donors (Lipinski definition) is 2. The molecular formula is C9H6ClN3O2. The molecule has 15 heavy (non-hydrogen) atoms. The molecule has 0 spiro atoms. The number of aromatic amines is 1. The van der Waals surface area contributed by atoms with Crippen LogP contribution in [-0.2, 0) is 0 Å². The van der Waals surface area contributed by atoms with Crippen molar-refractivity contribution in [1.82, 2.24) is 15.2 Å². The second-order valence-electron chi connectivity index (χ2n) is 2.86. The number of nitrogens with one attached hydrogen (secondary N) is 1. The van der Waals surface area contributed by atoms with E-state index in [4.69, 9.17) is 16.7 Å². The van der Waals surface area contributed by atoms with Crippen molar-refractivity contribution in [1.29, 1.82) is 0 Å². The molecule has 0 unspecified atom stereocenters. The van der Waals surface area contributed by atoms with E-state index in [0.717, 1.165) is 0 Å². The maximum atomic E-state index is 10.6. The number of nitrogens with zero attached hydrogens (tertiary/aromatic N) is 2. The Labute approximate surface area is 89.7 Å². The summed E-state index contributed by atoms with van der Waals surface area (Å²) in [6, 6.07) is 3.09. The van der Waals surface area contributed by atoms with Gasteiger partial charge in [-0.2, -0.15) is 5.10 Å². The van der Waals surface area contributed by atoms with E-state index in [0.29, 0.717) is 16.3 Å². The molecule has 0 saturated carbocycles. The van der Waals surface area contributed by atoms with E-state index in [1.807, 2.05) is 0 Å². The van der Waals surface area contributed by atoms with Crippen LogP contribution in [0.15, 0.2) is 24.5 Å². The molecule has 6 heteroatoms. The van der Waals surface area contributed by atoms with Gasteiger partial charge in [0.2, 0.25) is 0 Å². The van der Waals surface area contributed by atoms with Gasteiger partial charge in [0.25, 0.3) is 0 Å². The first-order valence-corrected chi connectivity index (χ1v) is 4.44. The van der Waals surface area contributed by atoms with Gasteiger partial charge in [-0.15, -0.1) is 0 Å². The zero-order valence-corrected chi connectivity index (χ0v) is 8.19. The van der Waals surface area contributed by atoms with Gasteiger partial charge in [0.1, 0.15) is 5.69 Å². The van der Waals surface area contributed by atoms with E-state index in [9.17, 15) is 4.79 Å². The highest BCUT2D eigenvalue weighted by Crippen LogP contribution is 2.19. The normalized spacial score (nSPS) is 10.2. The van der Waals surface area contributed by atoms with Crippen molar-refractivity contribution in [2.75, 3.05) is 0 Å². The largest absolute Gasteiger partial charge is 0.477 e. The van der Waals surface area contributed by atoms with Crippen LogP contribution in [0.2, 0.25) is 5.02 Å². The topological polar surface area (TPSA) is 78.9 Å². The van der Waals surface area contributed by atoms with Gasteiger partial charge in [0.15, 0.2) is 0 Å². The summed E-state index contributed by atoms with van der Waals surface area (Å²) in [5, 5.41) is 15.4. The van der Waals surface area contributed by atoms with Crippen LogP contribution in [-0.4, -0.2) is 26.3 Å². The van der Waals surface area contributed by atoms with E-state index in [1.54, 1.807) is 12.3 Å². The van der Waals surface area contributed by atoms with Gasteiger partial charge in [-0.1, -0.05) is 11.6 Å². The Morgan fingerprint density at radius 3 is 2.80 bits per heavy atom. The minimum absolute atomic E-state index is 0.0324. The molecule has 0 saturated heterocycles. The van der Waals surface area contributed by atoms with E-state index in [1.165, 1.54) is 12.3 Å². The SMILES string of the molecule is O=C(O)c1cc(-c2cncc(Cl)c2)n[nH]1. The molecule has 2 rings (SSSR count). The molecule has 5 nitrogen and oxygen atoms in total. The smallest absolute Gasteiger partial charge is 0.353 e. The lowest BCUT2D eigenvalue weighted by molar-refractivity contribution is 0.0690. The molecule has 2 N–H and O–H groups in total. The average molecular weight is 224 g/mol. The van der Waals surface area contributed by atoms with Crippen LogP contribution in [0, 0.1) is 0 Å². The van der Waals surface area contributed by atoms with E-state index < -0.39 is 5.97 Å². The third-order valence-electron chi connectivity index (χ3n) is 1.81. The van der Waals surface area contributed by atoms with E-state index >= 15 is 0 Å². The van der Waals surface area contributed by atoms with Crippen LogP contribution < -0.4 is 0 Å². The number of aromatic carboxylic acids is 1.